The van der Waals surface area contributed by atoms with E-state index in [2.05, 4.69) is 205 Å². The Morgan fingerprint density at radius 2 is 0.808 bits per heavy atom. The van der Waals surface area contributed by atoms with Crippen molar-refractivity contribution in [2.24, 2.45) is 0 Å². The highest BCUT2D eigenvalue weighted by Crippen LogP contribution is 2.55. The van der Waals surface area contributed by atoms with E-state index in [9.17, 15) is 0 Å². The van der Waals surface area contributed by atoms with Crippen LogP contribution >= 0.6 is 0 Å². The lowest BCUT2D eigenvalue weighted by molar-refractivity contribution is 0.435. The minimum absolute atomic E-state index is 0.515. The van der Waals surface area contributed by atoms with Gasteiger partial charge in [0.1, 0.15) is 11.5 Å². The number of hydrogen-bond donors (Lipinski definition) is 0. The van der Waals surface area contributed by atoms with E-state index in [1.165, 1.54) is 60.6 Å². The van der Waals surface area contributed by atoms with E-state index in [4.69, 9.17) is 4.74 Å². The molecule has 0 unspecified atom stereocenters. The first-order valence-corrected chi connectivity index (χ1v) is 19.4. The normalized spacial score (nSPS) is 13.7. The maximum absolute atomic E-state index is 6.65. The van der Waals surface area contributed by atoms with E-state index in [1.807, 2.05) is 0 Å². The predicted molar refractivity (Wildman–Crippen MR) is 218 cm³/mol. The Morgan fingerprint density at radius 3 is 1.37 bits per heavy atom. The van der Waals surface area contributed by atoms with Crippen LogP contribution in [0, 0.1) is 0 Å². The Labute approximate surface area is 307 Å². The van der Waals surface area contributed by atoms with E-state index in [1.54, 1.807) is 0 Å². The number of nitrogens with zero attached hydrogens (tertiary/aromatic N) is 1. The van der Waals surface area contributed by atoms with Crippen LogP contribution in [0.1, 0.15) is 22.3 Å². The lowest BCUT2D eigenvalue weighted by Gasteiger charge is -2.46. The van der Waals surface area contributed by atoms with Crippen molar-refractivity contribution < 1.29 is 4.74 Å². The summed E-state index contributed by atoms with van der Waals surface area (Å²) in [4.78, 5) is 2.48. The highest BCUT2D eigenvalue weighted by Gasteiger charge is 2.49. The fourth-order valence-corrected chi connectivity index (χ4v) is 10.8. The van der Waals surface area contributed by atoms with Gasteiger partial charge in [0.25, 0.3) is 0 Å². The van der Waals surface area contributed by atoms with Crippen molar-refractivity contribution in [2.45, 2.75) is 5.41 Å². The van der Waals surface area contributed by atoms with E-state index >= 15 is 0 Å². The quantitative estimate of drug-likeness (QED) is 0.168. The molecular weight excluding hydrogens is 647 g/mol. The zero-order chi connectivity index (χ0) is 34.5. The van der Waals surface area contributed by atoms with Crippen LogP contribution in [-0.2, 0) is 5.41 Å². The van der Waals surface area contributed by atoms with E-state index in [-0.39, 0.29) is 0 Å². The van der Waals surface area contributed by atoms with Crippen LogP contribution in [0.2, 0.25) is 0 Å². The average Bonchev–Trinajstić information content (AvgIpc) is 3.22. The van der Waals surface area contributed by atoms with Gasteiger partial charge >= 0.3 is 0 Å². The van der Waals surface area contributed by atoms with Gasteiger partial charge in [-0.05, 0) is 81.0 Å². The monoisotopic (exact) mass is 681 g/mol. The molecule has 0 aromatic heterocycles. The molecule has 0 aliphatic carbocycles. The zero-order valence-corrected chi connectivity index (χ0v) is 30.0. The van der Waals surface area contributed by atoms with Gasteiger partial charge in [-0.15, -0.1) is 0 Å². The molecule has 0 saturated heterocycles. The number of benzene rings is 8. The highest BCUT2D eigenvalue weighted by atomic mass is 28.2. The molecule has 2 aliphatic rings. The Bertz CT molecular complexity index is 2420. The average molecular weight is 682 g/mol. The minimum atomic E-state index is -0.929. The lowest BCUT2D eigenvalue weighted by atomic mass is 9.63. The Hall–Kier alpha value is -6.42. The molecule has 10 rings (SSSR count). The molecule has 0 bridgehead atoms. The first-order chi connectivity index (χ1) is 25.8. The van der Waals surface area contributed by atoms with Gasteiger partial charge in [0.2, 0.25) is 0 Å². The molecule has 2 nitrogen and oxygen atoms in total. The first-order valence-electron chi connectivity index (χ1n) is 18.0. The maximum atomic E-state index is 6.65. The van der Waals surface area contributed by atoms with Gasteiger partial charge in [0.05, 0.1) is 14.9 Å². The second kappa shape index (κ2) is 12.4. The van der Waals surface area contributed by atoms with Gasteiger partial charge in [0, 0.05) is 28.2 Å². The smallest absolute Gasteiger partial charge is 0.132 e. The third kappa shape index (κ3) is 4.78. The van der Waals surface area contributed by atoms with E-state index in [0.29, 0.717) is 0 Å². The molecule has 0 radical (unpaired) electrons. The molecule has 0 saturated carbocycles. The fourth-order valence-electron chi connectivity index (χ4n) is 8.57. The lowest BCUT2D eigenvalue weighted by Crippen LogP contribution is -2.51. The number of fused-ring (bicyclic) bond motifs is 8. The summed E-state index contributed by atoms with van der Waals surface area (Å²) in [7, 11) is -0.929. The SMILES string of the molecule is c1ccc(-c2ccc(N(c3ccc(-c4ccccc4)cc3)c3cccc4c3[SiH2]c3ccccc3C43c4ccccc4Oc4ccccc43)cc2)cc1. The molecular formula is C49H35NOSi. The number of hydrogen-bond acceptors (Lipinski definition) is 2. The van der Waals surface area contributed by atoms with Crippen molar-refractivity contribution in [2.75, 3.05) is 4.90 Å². The van der Waals surface area contributed by atoms with Crippen LogP contribution in [0.15, 0.2) is 200 Å². The standard InChI is InChI=1S/C49H35NOSi/c1-3-14-34(15-4-1)36-26-30-38(31-27-36)50(39-32-28-37(29-33-39)35-16-5-2-6-17-35)44-22-13-21-43-48(44)52-47-25-12-9-20-42(47)49(43)40-18-7-10-23-45(40)51-46-24-11-8-19-41(46)49/h1-33H,52H2. The number of anilines is 3. The van der Waals surface area contributed by atoms with Crippen molar-refractivity contribution in [3.63, 3.8) is 0 Å². The van der Waals surface area contributed by atoms with Crippen LogP contribution in [0.4, 0.5) is 17.1 Å². The fraction of sp³-hybridized carbons (Fsp3) is 0.0204. The van der Waals surface area contributed by atoms with Gasteiger partial charge in [-0.2, -0.15) is 0 Å². The third-order valence-corrected chi connectivity index (χ3v) is 12.9. The predicted octanol–water partition coefficient (Wildman–Crippen LogP) is 10.4. The number of ether oxygens (including phenoxy) is 1. The van der Waals surface area contributed by atoms with Crippen molar-refractivity contribution in [1.29, 1.82) is 0 Å². The topological polar surface area (TPSA) is 12.5 Å². The molecule has 0 atom stereocenters. The van der Waals surface area contributed by atoms with Crippen LogP contribution < -0.4 is 20.0 Å². The molecule has 8 aromatic carbocycles. The largest absolute Gasteiger partial charge is 0.457 e. The molecule has 8 aromatic rings. The maximum Gasteiger partial charge on any atom is 0.132 e. The number of para-hydroxylation sites is 2. The molecule has 3 heteroatoms. The van der Waals surface area contributed by atoms with Crippen molar-refractivity contribution >= 4 is 37.0 Å². The van der Waals surface area contributed by atoms with E-state index in [0.717, 1.165) is 22.9 Å². The molecule has 0 fully saturated rings. The Morgan fingerprint density at radius 1 is 0.365 bits per heavy atom. The Balaban J connectivity index is 1.22. The first kappa shape index (κ1) is 30.4. The number of rotatable bonds is 5. The van der Waals surface area contributed by atoms with Crippen molar-refractivity contribution in [3.05, 3.63) is 222 Å². The summed E-state index contributed by atoms with van der Waals surface area (Å²) >= 11 is 0. The van der Waals surface area contributed by atoms with Gasteiger partial charge in [-0.1, -0.05) is 163 Å². The summed E-state index contributed by atoms with van der Waals surface area (Å²) in [6.07, 6.45) is 0. The summed E-state index contributed by atoms with van der Waals surface area (Å²) in [5.41, 5.74) is 12.9. The van der Waals surface area contributed by atoms with Crippen LogP contribution in [0.3, 0.4) is 0 Å². The Kier molecular flexibility index (Phi) is 7.26. The van der Waals surface area contributed by atoms with Gasteiger partial charge < -0.3 is 9.64 Å². The summed E-state index contributed by atoms with van der Waals surface area (Å²) < 4.78 is 6.65. The second-order valence-corrected chi connectivity index (χ2v) is 15.5. The summed E-state index contributed by atoms with van der Waals surface area (Å²) in [6, 6.07) is 72.8. The molecule has 0 amide bonds. The highest BCUT2D eigenvalue weighted by molar-refractivity contribution is 6.71. The third-order valence-electron chi connectivity index (χ3n) is 10.9. The summed E-state index contributed by atoms with van der Waals surface area (Å²) in [5.74, 6) is 1.83. The van der Waals surface area contributed by atoms with Crippen LogP contribution in [-0.4, -0.2) is 9.52 Å². The van der Waals surface area contributed by atoms with Gasteiger partial charge in [-0.25, -0.2) is 0 Å². The molecule has 2 aliphatic heterocycles. The molecule has 0 N–H and O–H groups in total. The minimum Gasteiger partial charge on any atom is -0.457 e. The van der Waals surface area contributed by atoms with E-state index < -0.39 is 14.9 Å². The second-order valence-electron chi connectivity index (χ2n) is 13.6. The van der Waals surface area contributed by atoms with Crippen molar-refractivity contribution in [3.8, 4) is 33.8 Å². The molecule has 2 heterocycles. The van der Waals surface area contributed by atoms with Gasteiger partial charge in [0.15, 0.2) is 0 Å². The molecule has 1 spiro atoms. The summed E-state index contributed by atoms with van der Waals surface area (Å²) in [6.45, 7) is 0. The van der Waals surface area contributed by atoms with Crippen LogP contribution in [0.25, 0.3) is 22.3 Å². The molecule has 246 valence electrons. The molecule has 52 heavy (non-hydrogen) atoms. The zero-order valence-electron chi connectivity index (χ0n) is 28.6. The van der Waals surface area contributed by atoms with Crippen LogP contribution in [0.5, 0.6) is 11.5 Å². The van der Waals surface area contributed by atoms with Gasteiger partial charge in [-0.3, -0.25) is 0 Å². The summed E-state index contributed by atoms with van der Waals surface area (Å²) in [5, 5.41) is 2.92. The van der Waals surface area contributed by atoms with Crippen molar-refractivity contribution in [1.82, 2.24) is 0 Å².